The largest absolute Gasteiger partial charge is 0.300 e. The molecule has 0 aromatic carbocycles. The molecule has 0 amide bonds. The van der Waals surface area contributed by atoms with Crippen molar-refractivity contribution in [3.05, 3.63) is 0 Å². The molecule has 0 aromatic rings. The van der Waals surface area contributed by atoms with Gasteiger partial charge in [0.15, 0.2) is 0 Å². The summed E-state index contributed by atoms with van der Waals surface area (Å²) in [7, 11) is -1.15. The monoisotopic (exact) mass is 214 g/mol. The molecular weight excluding hydrogens is 188 g/mol. The zero-order valence-electron chi connectivity index (χ0n) is 10.4. The van der Waals surface area contributed by atoms with Crippen molar-refractivity contribution < 1.29 is 4.79 Å². The summed E-state index contributed by atoms with van der Waals surface area (Å²) in [6, 6.07) is 0.876. The molecule has 0 N–H and O–H groups in total. The van der Waals surface area contributed by atoms with Crippen LogP contribution in [0.1, 0.15) is 45.4 Å². The van der Waals surface area contributed by atoms with E-state index >= 15 is 0 Å². The Morgan fingerprint density at radius 3 is 2.07 bits per heavy atom. The molecule has 2 heteroatoms. The van der Waals surface area contributed by atoms with Crippen LogP contribution in [-0.4, -0.2) is 13.9 Å². The van der Waals surface area contributed by atoms with E-state index in [2.05, 4.69) is 26.6 Å². The molecule has 0 saturated carbocycles. The predicted octanol–water partition coefficient (Wildman–Crippen LogP) is 4.25. The third kappa shape index (κ3) is 9.97. The first kappa shape index (κ1) is 13.9. The van der Waals surface area contributed by atoms with Crippen molar-refractivity contribution >= 4 is 13.9 Å². The minimum Gasteiger partial charge on any atom is -0.300 e. The van der Waals surface area contributed by atoms with Gasteiger partial charge < -0.3 is 4.79 Å². The highest BCUT2D eigenvalue weighted by molar-refractivity contribution is 6.78. The Bertz CT molecular complexity index is 158. The maximum atomic E-state index is 11.5. The topological polar surface area (TPSA) is 17.1 Å². The summed E-state index contributed by atoms with van der Waals surface area (Å²) in [6.45, 7) is 9.02. The van der Waals surface area contributed by atoms with E-state index in [4.69, 9.17) is 0 Å². The smallest absolute Gasteiger partial charge is 0.130 e. The van der Waals surface area contributed by atoms with Crippen LogP contribution >= 0.6 is 0 Å². The van der Waals surface area contributed by atoms with Gasteiger partial charge in [0.2, 0.25) is 0 Å². The van der Waals surface area contributed by atoms with Crippen LogP contribution in [-0.2, 0) is 4.79 Å². The average molecular weight is 214 g/mol. The van der Waals surface area contributed by atoms with Gasteiger partial charge in [0.05, 0.1) is 8.07 Å². The highest BCUT2D eigenvalue weighted by Crippen LogP contribution is 2.13. The number of carbonyl (C=O) groups is 1. The fourth-order valence-electron chi connectivity index (χ4n) is 1.61. The summed E-state index contributed by atoms with van der Waals surface area (Å²) in [6.07, 6.45) is 7.09. The molecule has 0 saturated heterocycles. The third-order valence-electron chi connectivity index (χ3n) is 2.29. The Balaban J connectivity index is 3.36. The van der Waals surface area contributed by atoms with E-state index < -0.39 is 8.07 Å². The van der Waals surface area contributed by atoms with E-state index in [1.807, 2.05) is 0 Å². The highest BCUT2D eigenvalue weighted by atomic mass is 28.3. The van der Waals surface area contributed by atoms with Crippen molar-refractivity contribution in [1.82, 2.24) is 0 Å². The number of unbranched alkanes of at least 4 members (excludes halogenated alkanes) is 4. The Hall–Kier alpha value is -0.113. The second-order valence-electron chi connectivity index (χ2n) is 5.44. The van der Waals surface area contributed by atoms with Gasteiger partial charge in [-0.05, 0) is 6.42 Å². The maximum absolute atomic E-state index is 11.5. The van der Waals surface area contributed by atoms with Gasteiger partial charge in [-0.1, -0.05) is 52.2 Å². The van der Waals surface area contributed by atoms with Gasteiger partial charge in [0.1, 0.15) is 5.78 Å². The van der Waals surface area contributed by atoms with Gasteiger partial charge in [0.25, 0.3) is 0 Å². The Morgan fingerprint density at radius 1 is 1.00 bits per heavy atom. The first-order chi connectivity index (χ1) is 6.45. The van der Waals surface area contributed by atoms with Crippen LogP contribution in [0.25, 0.3) is 0 Å². The van der Waals surface area contributed by atoms with Gasteiger partial charge in [-0.3, -0.25) is 0 Å². The number of carbonyl (C=O) groups excluding carboxylic acids is 1. The van der Waals surface area contributed by atoms with Crippen LogP contribution in [0.5, 0.6) is 0 Å². The normalized spacial score (nSPS) is 11.7. The third-order valence-corrected chi connectivity index (χ3v) is 3.74. The van der Waals surface area contributed by atoms with Crippen LogP contribution in [0.15, 0.2) is 0 Å². The molecule has 0 spiro atoms. The molecule has 0 aromatic heterocycles. The summed E-state index contributed by atoms with van der Waals surface area (Å²) < 4.78 is 0. The molecule has 0 heterocycles. The van der Waals surface area contributed by atoms with Crippen LogP contribution in [0.2, 0.25) is 25.7 Å². The minimum atomic E-state index is -1.15. The molecular formula is C12H26OSi. The van der Waals surface area contributed by atoms with E-state index in [0.717, 1.165) is 18.9 Å². The van der Waals surface area contributed by atoms with Gasteiger partial charge in [-0.15, -0.1) is 0 Å². The summed E-state index contributed by atoms with van der Waals surface area (Å²) in [4.78, 5) is 11.5. The molecule has 0 fully saturated rings. The molecule has 0 atom stereocenters. The van der Waals surface area contributed by atoms with E-state index in [1.165, 1.54) is 25.7 Å². The highest BCUT2D eigenvalue weighted by Gasteiger charge is 2.17. The Kier molecular flexibility index (Phi) is 7.16. The van der Waals surface area contributed by atoms with Gasteiger partial charge >= 0.3 is 0 Å². The van der Waals surface area contributed by atoms with E-state index in [1.54, 1.807) is 0 Å². The molecule has 0 bridgehead atoms. The predicted molar refractivity (Wildman–Crippen MR) is 66.5 cm³/mol. The van der Waals surface area contributed by atoms with Crippen molar-refractivity contribution in [1.29, 1.82) is 0 Å². The molecule has 0 radical (unpaired) electrons. The van der Waals surface area contributed by atoms with Crippen molar-refractivity contribution in [3.8, 4) is 0 Å². The Morgan fingerprint density at radius 2 is 1.57 bits per heavy atom. The number of hydrogen-bond donors (Lipinski definition) is 0. The van der Waals surface area contributed by atoms with Crippen LogP contribution in [0.3, 0.4) is 0 Å². The van der Waals surface area contributed by atoms with E-state index in [0.29, 0.717) is 5.78 Å². The van der Waals surface area contributed by atoms with E-state index in [9.17, 15) is 4.79 Å². The van der Waals surface area contributed by atoms with Crippen molar-refractivity contribution in [2.24, 2.45) is 0 Å². The summed E-state index contributed by atoms with van der Waals surface area (Å²) >= 11 is 0. The number of hydrogen-bond acceptors (Lipinski definition) is 1. The standard InChI is InChI=1S/C12H26OSi/c1-5-6-7-8-9-10-12(13)11-14(2,3)4/h5-11H2,1-4H3. The fourth-order valence-corrected chi connectivity index (χ4v) is 2.97. The van der Waals surface area contributed by atoms with Crippen molar-refractivity contribution in [3.63, 3.8) is 0 Å². The van der Waals surface area contributed by atoms with Crippen molar-refractivity contribution in [2.45, 2.75) is 71.1 Å². The molecule has 84 valence electrons. The summed E-state index contributed by atoms with van der Waals surface area (Å²) in [5, 5.41) is 0. The lowest BCUT2D eigenvalue weighted by molar-refractivity contribution is -0.117. The fraction of sp³-hybridized carbons (Fsp3) is 0.917. The van der Waals surface area contributed by atoms with E-state index in [-0.39, 0.29) is 0 Å². The first-order valence-electron chi connectivity index (χ1n) is 5.97. The average Bonchev–Trinajstić information content (AvgIpc) is 2.00. The lowest BCUT2D eigenvalue weighted by atomic mass is 10.1. The zero-order chi connectivity index (χ0) is 11.0. The number of Topliss-reactive ketones (excluding diaryl/α,β-unsaturated/α-hetero) is 1. The molecule has 0 aliphatic rings. The lowest BCUT2D eigenvalue weighted by Crippen LogP contribution is -2.23. The lowest BCUT2D eigenvalue weighted by Gasteiger charge is -2.13. The second kappa shape index (κ2) is 7.21. The molecule has 1 nitrogen and oxygen atoms in total. The molecule has 0 rings (SSSR count). The number of ketones is 1. The van der Waals surface area contributed by atoms with Crippen LogP contribution < -0.4 is 0 Å². The number of rotatable bonds is 8. The molecule has 0 unspecified atom stereocenters. The second-order valence-corrected chi connectivity index (χ2v) is 10.9. The van der Waals surface area contributed by atoms with Gasteiger partial charge in [-0.25, -0.2) is 0 Å². The summed E-state index contributed by atoms with van der Waals surface area (Å²) in [5.74, 6) is 0.501. The van der Waals surface area contributed by atoms with Gasteiger partial charge in [0, 0.05) is 12.5 Å². The van der Waals surface area contributed by atoms with Gasteiger partial charge in [-0.2, -0.15) is 0 Å². The molecule has 14 heavy (non-hydrogen) atoms. The molecule has 0 aliphatic carbocycles. The Labute approximate surface area is 90.3 Å². The summed E-state index contributed by atoms with van der Waals surface area (Å²) in [5.41, 5.74) is 0. The SMILES string of the molecule is CCCCCCCC(=O)C[Si](C)(C)C. The van der Waals surface area contributed by atoms with Crippen LogP contribution in [0, 0.1) is 0 Å². The van der Waals surface area contributed by atoms with Crippen LogP contribution in [0.4, 0.5) is 0 Å². The maximum Gasteiger partial charge on any atom is 0.130 e. The zero-order valence-corrected chi connectivity index (χ0v) is 11.4. The quantitative estimate of drug-likeness (QED) is 0.436. The van der Waals surface area contributed by atoms with Crippen molar-refractivity contribution in [2.75, 3.05) is 0 Å². The molecule has 0 aliphatic heterocycles. The minimum absolute atomic E-state index is 0.501. The first-order valence-corrected chi connectivity index (χ1v) is 9.68.